The number of fused-ring (bicyclic) bond motifs is 1. The normalized spacial score (nSPS) is 14.5. The fourth-order valence-corrected chi connectivity index (χ4v) is 4.94. The van der Waals surface area contributed by atoms with Gasteiger partial charge in [0.05, 0.1) is 25.4 Å². The number of halogens is 1. The third-order valence-electron chi connectivity index (χ3n) is 7.50. The zero-order valence-corrected chi connectivity index (χ0v) is 26.5. The molecule has 4 rings (SSSR count). The average Bonchev–Trinajstić information content (AvgIpc) is 3.71. The molecule has 2 heterocycles. The molecule has 2 aliphatic rings. The number of pyridine rings is 1. The van der Waals surface area contributed by atoms with Crippen molar-refractivity contribution in [2.75, 3.05) is 45.4 Å². The lowest BCUT2D eigenvalue weighted by Crippen LogP contribution is -2.31. The van der Waals surface area contributed by atoms with Gasteiger partial charge in [-0.15, -0.1) is 17.0 Å². The van der Waals surface area contributed by atoms with E-state index in [1.807, 2.05) is 24.1 Å². The summed E-state index contributed by atoms with van der Waals surface area (Å²) in [7, 11) is 3.60. The van der Waals surface area contributed by atoms with Crippen molar-refractivity contribution in [1.29, 1.82) is 5.41 Å². The molecule has 0 radical (unpaired) electrons. The van der Waals surface area contributed by atoms with Crippen LogP contribution in [-0.2, 0) is 21.5 Å². The number of benzene rings is 1. The van der Waals surface area contributed by atoms with Gasteiger partial charge < -0.3 is 24.4 Å². The number of unbranched alkanes of at least 4 members (excludes halogenated alkanes) is 1. The first-order chi connectivity index (χ1) is 19.0. The van der Waals surface area contributed by atoms with E-state index in [0.717, 1.165) is 35.3 Å². The largest absolute Gasteiger partial charge is 0.491 e. The van der Waals surface area contributed by atoms with Gasteiger partial charge in [0.2, 0.25) is 0 Å². The second-order valence-corrected chi connectivity index (χ2v) is 11.9. The van der Waals surface area contributed by atoms with Crippen LogP contribution in [0.4, 0.5) is 5.69 Å². The van der Waals surface area contributed by atoms with Gasteiger partial charge in [0, 0.05) is 62.0 Å². The van der Waals surface area contributed by atoms with Gasteiger partial charge in [-0.3, -0.25) is 15.0 Å². The molecule has 0 saturated heterocycles. The van der Waals surface area contributed by atoms with Crippen LogP contribution < -0.4 is 9.64 Å². The Morgan fingerprint density at radius 1 is 1.17 bits per heavy atom. The summed E-state index contributed by atoms with van der Waals surface area (Å²) in [5, 5.41) is 17.7. The first-order valence-corrected chi connectivity index (χ1v) is 14.1. The molecular weight excluding hydrogens is 588 g/mol. The van der Waals surface area contributed by atoms with Gasteiger partial charge in [-0.1, -0.05) is 26.8 Å². The zero-order chi connectivity index (χ0) is 29.0. The Bertz CT molecular complexity index is 1270. The number of anilines is 1. The van der Waals surface area contributed by atoms with E-state index in [-0.39, 0.29) is 41.1 Å². The van der Waals surface area contributed by atoms with Crippen molar-refractivity contribution >= 4 is 40.3 Å². The molecule has 10 heteroatoms. The minimum atomic E-state index is -0.813. The summed E-state index contributed by atoms with van der Waals surface area (Å²) in [5.41, 5.74) is 4.69. The van der Waals surface area contributed by atoms with Crippen molar-refractivity contribution in [1.82, 2.24) is 9.88 Å². The van der Waals surface area contributed by atoms with Crippen molar-refractivity contribution in [2.45, 2.75) is 70.8 Å². The molecule has 41 heavy (non-hydrogen) atoms. The van der Waals surface area contributed by atoms with Crippen molar-refractivity contribution in [3.63, 3.8) is 0 Å². The number of amidine groups is 1. The maximum absolute atomic E-state index is 13.7. The highest BCUT2D eigenvalue weighted by atomic mass is 79.9. The Kier molecular flexibility index (Phi) is 10.9. The Labute approximate surface area is 253 Å². The van der Waals surface area contributed by atoms with Crippen LogP contribution in [0.2, 0.25) is 0 Å². The molecule has 1 aliphatic heterocycles. The second kappa shape index (κ2) is 13.8. The predicted molar refractivity (Wildman–Crippen MR) is 165 cm³/mol. The molecule has 1 aromatic heterocycles. The van der Waals surface area contributed by atoms with E-state index in [9.17, 15) is 9.59 Å². The molecule has 1 aliphatic carbocycles. The highest BCUT2D eigenvalue weighted by Crippen LogP contribution is 2.41. The van der Waals surface area contributed by atoms with Crippen molar-refractivity contribution in [3.8, 4) is 5.75 Å². The number of rotatable bonds is 14. The van der Waals surface area contributed by atoms with Crippen LogP contribution in [0.15, 0.2) is 24.3 Å². The quantitative estimate of drug-likeness (QED) is 0.205. The highest BCUT2D eigenvalue weighted by molar-refractivity contribution is 8.93. The van der Waals surface area contributed by atoms with E-state index in [1.165, 1.54) is 0 Å². The zero-order valence-electron chi connectivity index (χ0n) is 24.8. The van der Waals surface area contributed by atoms with Gasteiger partial charge in [-0.2, -0.15) is 0 Å². The van der Waals surface area contributed by atoms with Crippen LogP contribution in [0.1, 0.15) is 91.7 Å². The van der Waals surface area contributed by atoms with Crippen LogP contribution in [0.25, 0.3) is 0 Å². The van der Waals surface area contributed by atoms with E-state index >= 15 is 0 Å². The lowest BCUT2D eigenvalue weighted by molar-refractivity contribution is -0.137. The Balaban J connectivity index is 0.00000462. The first-order valence-electron chi connectivity index (χ1n) is 14.1. The number of ketones is 1. The van der Waals surface area contributed by atoms with Gasteiger partial charge >= 0.3 is 5.97 Å². The number of likely N-dealkylation sites (N-methyl/N-ethyl adjacent to an activating group) is 1. The molecule has 0 atom stereocenters. The Morgan fingerprint density at radius 3 is 2.54 bits per heavy atom. The number of aromatic nitrogens is 1. The number of hydrogen-bond donors (Lipinski definition) is 2. The van der Waals surface area contributed by atoms with Crippen LogP contribution in [-0.4, -0.2) is 73.0 Å². The van der Waals surface area contributed by atoms with Gasteiger partial charge in [0.15, 0.2) is 5.78 Å². The molecule has 224 valence electrons. The summed E-state index contributed by atoms with van der Waals surface area (Å²) in [5.74, 6) is 0.638. The molecule has 2 N–H and O–H groups in total. The number of hydrogen-bond acceptors (Lipinski definition) is 7. The number of carbonyl (C=O) groups is 2. The van der Waals surface area contributed by atoms with Crippen molar-refractivity contribution < 1.29 is 24.2 Å². The number of nitrogens with one attached hydrogen (secondary N) is 1. The summed E-state index contributed by atoms with van der Waals surface area (Å²) in [6, 6.07) is 7.90. The number of carboxylic acids is 1. The molecule has 1 fully saturated rings. The van der Waals surface area contributed by atoms with Gasteiger partial charge in [-0.25, -0.2) is 4.98 Å². The molecule has 1 saturated carbocycles. The summed E-state index contributed by atoms with van der Waals surface area (Å²) in [4.78, 5) is 33.2. The molecule has 2 aromatic rings. The number of methoxy groups -OCH3 is 1. The molecular formula is C31H43BrN4O5. The lowest BCUT2D eigenvalue weighted by Gasteiger charge is -2.30. The number of nitrogens with zero attached hydrogens (tertiary/aromatic N) is 3. The Hall–Kier alpha value is -2.98. The van der Waals surface area contributed by atoms with Gasteiger partial charge in [0.25, 0.3) is 0 Å². The van der Waals surface area contributed by atoms with Crippen LogP contribution >= 0.6 is 17.0 Å². The SMILES string of the molecule is Br.COCCN(C)c1cc(C(=O)CN2Cc3ccc(C4CC4)nc3C2=N)cc(C(C)(C)C)c1OCCCCC(=O)O. The third kappa shape index (κ3) is 8.07. The van der Waals surface area contributed by atoms with Crippen molar-refractivity contribution in [2.24, 2.45) is 0 Å². The molecule has 0 amide bonds. The summed E-state index contributed by atoms with van der Waals surface area (Å²) >= 11 is 0. The van der Waals surface area contributed by atoms with E-state index in [1.54, 1.807) is 12.0 Å². The third-order valence-corrected chi connectivity index (χ3v) is 7.50. The summed E-state index contributed by atoms with van der Waals surface area (Å²) < 4.78 is 11.6. The van der Waals surface area contributed by atoms with Crippen LogP contribution in [0.3, 0.4) is 0 Å². The van der Waals surface area contributed by atoms with E-state index in [2.05, 4.69) is 32.9 Å². The standard InChI is InChI=1S/C31H42N4O5.BrH/c1-31(2,3)23-16-22(17-25(34(4)13-15-39-5)29(23)40-14-7-6-8-27(37)38)26(36)19-35-18-21-11-12-24(20-9-10-20)33-28(21)30(35)32;/h11-12,16-17,20,32H,6-10,13-15,18-19H2,1-5H3,(H,37,38);1H. The number of carbonyl (C=O) groups excluding carboxylic acids is 1. The average molecular weight is 632 g/mol. The fraction of sp³-hybridized carbons (Fsp3) is 0.548. The maximum atomic E-state index is 13.7. The van der Waals surface area contributed by atoms with Crippen LogP contribution in [0, 0.1) is 5.41 Å². The second-order valence-electron chi connectivity index (χ2n) is 11.9. The minimum absolute atomic E-state index is 0. The summed E-state index contributed by atoms with van der Waals surface area (Å²) in [6.45, 7) is 8.35. The van der Waals surface area contributed by atoms with E-state index in [0.29, 0.717) is 67.9 Å². The molecule has 0 bridgehead atoms. The highest BCUT2D eigenvalue weighted by Gasteiger charge is 2.32. The van der Waals surface area contributed by atoms with Gasteiger partial charge in [0.1, 0.15) is 17.3 Å². The number of Topliss-reactive ketones (excluding diaryl/α,β-unsaturated/α-hetero) is 1. The first kappa shape index (κ1) is 32.5. The number of aliphatic carboxylic acids is 1. The lowest BCUT2D eigenvalue weighted by atomic mass is 9.84. The van der Waals surface area contributed by atoms with Crippen molar-refractivity contribution in [3.05, 3.63) is 52.3 Å². The fourth-order valence-electron chi connectivity index (χ4n) is 4.94. The number of carboxylic acid groups (broad SMARTS) is 1. The van der Waals surface area contributed by atoms with Crippen LogP contribution in [0.5, 0.6) is 5.75 Å². The summed E-state index contributed by atoms with van der Waals surface area (Å²) in [6.07, 6.45) is 3.57. The topological polar surface area (TPSA) is 116 Å². The predicted octanol–water partition coefficient (Wildman–Crippen LogP) is 5.57. The number of ether oxygens (including phenoxy) is 2. The van der Waals surface area contributed by atoms with E-state index in [4.69, 9.17) is 25.0 Å². The maximum Gasteiger partial charge on any atom is 0.303 e. The van der Waals surface area contributed by atoms with Gasteiger partial charge in [-0.05, 0) is 49.3 Å². The molecule has 9 nitrogen and oxygen atoms in total. The Morgan fingerprint density at radius 2 is 1.90 bits per heavy atom. The molecule has 1 aromatic carbocycles. The monoisotopic (exact) mass is 630 g/mol. The smallest absolute Gasteiger partial charge is 0.303 e. The minimum Gasteiger partial charge on any atom is -0.491 e. The molecule has 0 unspecified atom stereocenters. The van der Waals surface area contributed by atoms with E-state index < -0.39 is 5.97 Å². The molecule has 0 spiro atoms.